The van der Waals surface area contributed by atoms with Gasteiger partial charge >= 0.3 is 0 Å². The summed E-state index contributed by atoms with van der Waals surface area (Å²) in [5, 5.41) is -0.0790. The van der Waals surface area contributed by atoms with Crippen LogP contribution in [0.4, 0.5) is 0 Å². The van der Waals surface area contributed by atoms with Crippen LogP contribution >= 0.6 is 23.4 Å². The van der Waals surface area contributed by atoms with Crippen LogP contribution in [0.1, 0.15) is 48.3 Å². The van der Waals surface area contributed by atoms with Gasteiger partial charge in [0.2, 0.25) is 0 Å². The Morgan fingerprint density at radius 2 is 1.60 bits per heavy atom. The Labute approximate surface area is 131 Å². The van der Waals surface area contributed by atoms with Gasteiger partial charge in [-0.2, -0.15) is 0 Å². The summed E-state index contributed by atoms with van der Waals surface area (Å²) in [7, 11) is 0. The van der Waals surface area contributed by atoms with Crippen molar-refractivity contribution in [1.29, 1.82) is 0 Å². The molecule has 0 N–H and O–H groups in total. The van der Waals surface area contributed by atoms with Crippen molar-refractivity contribution in [3.63, 3.8) is 0 Å². The van der Waals surface area contributed by atoms with Crippen molar-refractivity contribution in [1.82, 2.24) is 0 Å². The van der Waals surface area contributed by atoms with Crippen LogP contribution in [0.2, 0.25) is 0 Å². The second-order valence-electron chi connectivity index (χ2n) is 5.08. The lowest BCUT2D eigenvalue weighted by Gasteiger charge is -2.15. The van der Waals surface area contributed by atoms with Crippen LogP contribution in [-0.2, 0) is 0 Å². The molecule has 2 heteroatoms. The molecule has 0 radical (unpaired) electrons. The van der Waals surface area contributed by atoms with Gasteiger partial charge in [-0.25, -0.2) is 0 Å². The summed E-state index contributed by atoms with van der Waals surface area (Å²) < 4.78 is 0. The maximum atomic E-state index is 6.67. The van der Waals surface area contributed by atoms with Crippen LogP contribution in [0, 0.1) is 0 Å². The number of benzene rings is 2. The standard InChI is InChI=1S/C18H21ClS/c1-4-13(2)14-9-11-15(12-10-14)18(19)16-7-5-6-8-17(16)20-3/h5-13,18H,4H2,1-3H3. The smallest absolute Gasteiger partial charge is 0.0846 e. The number of thioether (sulfide) groups is 1. The normalized spacial score (nSPS) is 14.0. The van der Waals surface area contributed by atoms with Crippen molar-refractivity contribution in [2.75, 3.05) is 6.26 Å². The van der Waals surface area contributed by atoms with E-state index in [-0.39, 0.29) is 5.38 Å². The molecule has 0 fully saturated rings. The summed E-state index contributed by atoms with van der Waals surface area (Å²) in [5.74, 6) is 0.608. The van der Waals surface area contributed by atoms with Crippen molar-refractivity contribution in [3.05, 3.63) is 65.2 Å². The van der Waals surface area contributed by atoms with Gasteiger partial charge in [-0.05, 0) is 41.4 Å². The van der Waals surface area contributed by atoms with Crippen LogP contribution in [0.5, 0.6) is 0 Å². The lowest BCUT2D eigenvalue weighted by Crippen LogP contribution is -1.97. The average Bonchev–Trinajstić information content (AvgIpc) is 2.53. The summed E-state index contributed by atoms with van der Waals surface area (Å²) in [6.07, 6.45) is 3.26. The molecule has 0 spiro atoms. The topological polar surface area (TPSA) is 0 Å². The molecule has 0 bridgehead atoms. The molecular weight excluding hydrogens is 284 g/mol. The fourth-order valence-electron chi connectivity index (χ4n) is 2.28. The second-order valence-corrected chi connectivity index (χ2v) is 6.36. The lowest BCUT2D eigenvalue weighted by atomic mass is 9.96. The molecule has 2 rings (SSSR count). The third kappa shape index (κ3) is 3.39. The van der Waals surface area contributed by atoms with Crippen LogP contribution in [-0.4, -0.2) is 6.26 Å². The minimum absolute atomic E-state index is 0.0790. The van der Waals surface area contributed by atoms with Crippen LogP contribution in [0.3, 0.4) is 0 Å². The quantitative estimate of drug-likeness (QED) is 0.464. The van der Waals surface area contributed by atoms with Crippen LogP contribution < -0.4 is 0 Å². The molecule has 2 unspecified atom stereocenters. The number of halogens is 1. The average molecular weight is 305 g/mol. The van der Waals surface area contributed by atoms with Crippen molar-refractivity contribution < 1.29 is 0 Å². The van der Waals surface area contributed by atoms with E-state index < -0.39 is 0 Å². The van der Waals surface area contributed by atoms with E-state index in [1.807, 2.05) is 0 Å². The van der Waals surface area contributed by atoms with E-state index in [0.717, 1.165) is 0 Å². The summed E-state index contributed by atoms with van der Waals surface area (Å²) in [6.45, 7) is 4.48. The summed E-state index contributed by atoms with van der Waals surface area (Å²) in [6, 6.07) is 17.1. The van der Waals surface area contributed by atoms with Gasteiger partial charge in [-0.3, -0.25) is 0 Å². The minimum Gasteiger partial charge on any atom is -0.129 e. The highest BCUT2D eigenvalue weighted by Crippen LogP contribution is 2.35. The SMILES string of the molecule is CCC(C)c1ccc(C(Cl)c2ccccc2SC)cc1. The van der Waals surface area contributed by atoms with Crippen LogP contribution in [0.15, 0.2) is 53.4 Å². The monoisotopic (exact) mass is 304 g/mol. The number of hydrogen-bond acceptors (Lipinski definition) is 1. The van der Waals surface area contributed by atoms with E-state index in [2.05, 4.69) is 68.6 Å². The summed E-state index contributed by atoms with van der Waals surface area (Å²) in [4.78, 5) is 1.25. The highest BCUT2D eigenvalue weighted by Gasteiger charge is 2.14. The molecule has 0 aliphatic rings. The molecule has 106 valence electrons. The van der Waals surface area contributed by atoms with Crippen molar-refractivity contribution in [2.24, 2.45) is 0 Å². The third-order valence-corrected chi connectivity index (χ3v) is 5.12. The van der Waals surface area contributed by atoms with Gasteiger partial charge in [0, 0.05) is 4.90 Å². The molecule has 0 saturated heterocycles. The largest absolute Gasteiger partial charge is 0.129 e. The number of rotatable bonds is 5. The third-order valence-electron chi connectivity index (χ3n) is 3.82. The molecule has 0 aromatic heterocycles. The number of alkyl halides is 1. The maximum absolute atomic E-state index is 6.67. The predicted molar refractivity (Wildman–Crippen MR) is 91.1 cm³/mol. The highest BCUT2D eigenvalue weighted by atomic mass is 35.5. The van der Waals surface area contributed by atoms with Gasteiger partial charge in [0.1, 0.15) is 0 Å². The molecule has 20 heavy (non-hydrogen) atoms. The van der Waals surface area contributed by atoms with Gasteiger partial charge in [-0.15, -0.1) is 23.4 Å². The molecule has 0 aliphatic carbocycles. The fraction of sp³-hybridized carbons (Fsp3) is 0.333. The van der Waals surface area contributed by atoms with E-state index in [1.54, 1.807) is 11.8 Å². The molecule has 0 nitrogen and oxygen atoms in total. The molecule has 0 aliphatic heterocycles. The lowest BCUT2D eigenvalue weighted by molar-refractivity contribution is 0.733. The minimum atomic E-state index is -0.0790. The Hall–Kier alpha value is -0.920. The Bertz CT molecular complexity index is 548. The Balaban J connectivity index is 2.27. The zero-order valence-corrected chi connectivity index (χ0v) is 13.8. The molecule has 0 heterocycles. The predicted octanol–water partition coefficient (Wildman–Crippen LogP) is 6.25. The summed E-state index contributed by atoms with van der Waals surface area (Å²) >= 11 is 8.41. The molecule has 2 atom stereocenters. The Morgan fingerprint density at radius 1 is 1.00 bits per heavy atom. The summed E-state index contributed by atoms with van der Waals surface area (Å²) in [5.41, 5.74) is 3.75. The van der Waals surface area contributed by atoms with Crippen molar-refractivity contribution in [3.8, 4) is 0 Å². The van der Waals surface area contributed by atoms with Crippen molar-refractivity contribution >= 4 is 23.4 Å². The molecular formula is C18H21ClS. The van der Waals surface area contributed by atoms with Gasteiger partial charge in [0.05, 0.1) is 5.38 Å². The molecule has 0 amide bonds. The van der Waals surface area contributed by atoms with Gasteiger partial charge in [-0.1, -0.05) is 56.3 Å². The first-order chi connectivity index (χ1) is 9.67. The van der Waals surface area contributed by atoms with Crippen molar-refractivity contribution in [2.45, 2.75) is 36.5 Å². The molecule has 0 saturated carbocycles. The van der Waals surface area contributed by atoms with Gasteiger partial charge in [0.25, 0.3) is 0 Å². The number of hydrogen-bond donors (Lipinski definition) is 0. The molecule has 2 aromatic carbocycles. The van der Waals surface area contributed by atoms with E-state index in [0.29, 0.717) is 5.92 Å². The maximum Gasteiger partial charge on any atom is 0.0846 e. The first-order valence-corrected chi connectivity index (χ1v) is 8.70. The highest BCUT2D eigenvalue weighted by molar-refractivity contribution is 7.98. The Morgan fingerprint density at radius 3 is 2.20 bits per heavy atom. The zero-order valence-electron chi connectivity index (χ0n) is 12.3. The Kier molecular flexibility index (Phi) is 5.56. The van der Waals surface area contributed by atoms with Gasteiger partial charge in [0.15, 0.2) is 0 Å². The fourth-order valence-corrected chi connectivity index (χ4v) is 3.32. The first-order valence-electron chi connectivity index (χ1n) is 7.04. The van der Waals surface area contributed by atoms with E-state index in [1.165, 1.54) is 28.0 Å². The molecule has 2 aromatic rings. The zero-order chi connectivity index (χ0) is 14.5. The van der Waals surface area contributed by atoms with Crippen LogP contribution in [0.25, 0.3) is 0 Å². The first kappa shape index (κ1) is 15.5. The second kappa shape index (κ2) is 7.19. The van der Waals surface area contributed by atoms with E-state index in [4.69, 9.17) is 11.6 Å². The van der Waals surface area contributed by atoms with E-state index in [9.17, 15) is 0 Å². The van der Waals surface area contributed by atoms with Gasteiger partial charge < -0.3 is 0 Å². The van der Waals surface area contributed by atoms with E-state index >= 15 is 0 Å².